The van der Waals surface area contributed by atoms with E-state index >= 15 is 0 Å². The molecule has 0 unspecified atom stereocenters. The minimum absolute atomic E-state index is 0.0295. The fourth-order valence-electron chi connectivity index (χ4n) is 3.42. The Hall–Kier alpha value is -2.08. The van der Waals surface area contributed by atoms with Crippen LogP contribution in [0.25, 0.3) is 0 Å². The van der Waals surface area contributed by atoms with Crippen LogP contribution in [-0.2, 0) is 22.7 Å². The van der Waals surface area contributed by atoms with Crippen molar-refractivity contribution < 1.29 is 19.4 Å². The molecule has 2 amide bonds. The monoisotopic (exact) mass is 346 g/mol. The Bertz CT molecular complexity index is 632. The number of nitrogens with zero attached hydrogens (tertiary/aromatic N) is 2. The second kappa shape index (κ2) is 8.34. The molecule has 1 aromatic rings. The lowest BCUT2D eigenvalue weighted by Gasteiger charge is -2.24. The van der Waals surface area contributed by atoms with Crippen LogP contribution in [0.1, 0.15) is 43.2 Å². The highest BCUT2D eigenvalue weighted by atomic mass is 16.5. The van der Waals surface area contributed by atoms with Crippen LogP contribution in [0, 0.1) is 0 Å². The van der Waals surface area contributed by atoms with Gasteiger partial charge in [0.15, 0.2) is 0 Å². The second-order valence-electron chi connectivity index (χ2n) is 6.71. The van der Waals surface area contributed by atoms with Crippen molar-refractivity contribution in [3.63, 3.8) is 0 Å². The highest BCUT2D eigenvalue weighted by Crippen LogP contribution is 2.25. The third-order valence-corrected chi connectivity index (χ3v) is 4.91. The summed E-state index contributed by atoms with van der Waals surface area (Å²) >= 11 is 0. The van der Waals surface area contributed by atoms with Crippen LogP contribution in [0.4, 0.5) is 0 Å². The maximum Gasteiger partial charge on any atom is 0.224 e. The lowest BCUT2D eigenvalue weighted by Crippen LogP contribution is -2.37. The maximum atomic E-state index is 12.6. The van der Waals surface area contributed by atoms with E-state index in [-0.39, 0.29) is 18.4 Å². The molecule has 6 heteroatoms. The van der Waals surface area contributed by atoms with Gasteiger partial charge in [-0.15, -0.1) is 0 Å². The van der Waals surface area contributed by atoms with Crippen LogP contribution in [-0.4, -0.2) is 53.0 Å². The van der Waals surface area contributed by atoms with Gasteiger partial charge in [0.1, 0.15) is 12.4 Å². The van der Waals surface area contributed by atoms with Crippen LogP contribution in [0.5, 0.6) is 5.75 Å². The first-order valence-electron chi connectivity index (χ1n) is 9.08. The molecule has 0 bridgehead atoms. The zero-order valence-corrected chi connectivity index (χ0v) is 14.6. The summed E-state index contributed by atoms with van der Waals surface area (Å²) in [6.45, 7) is 2.71. The van der Waals surface area contributed by atoms with E-state index in [1.807, 2.05) is 23.1 Å². The van der Waals surface area contributed by atoms with Gasteiger partial charge in [-0.25, -0.2) is 0 Å². The molecule has 0 atom stereocenters. The van der Waals surface area contributed by atoms with Crippen molar-refractivity contribution >= 4 is 11.8 Å². The SMILES string of the molecule is O=C1CCCCCN1CCC(=O)N1CCOc2ccc(CO)cc2C1. The number of rotatable bonds is 4. The van der Waals surface area contributed by atoms with E-state index in [2.05, 4.69) is 0 Å². The molecule has 0 radical (unpaired) electrons. The molecule has 2 aliphatic heterocycles. The van der Waals surface area contributed by atoms with Gasteiger partial charge in [0.2, 0.25) is 11.8 Å². The maximum absolute atomic E-state index is 12.6. The third kappa shape index (κ3) is 4.51. The fraction of sp³-hybridized carbons (Fsp3) is 0.579. The van der Waals surface area contributed by atoms with Crippen molar-refractivity contribution in [3.8, 4) is 5.75 Å². The van der Waals surface area contributed by atoms with Crippen molar-refractivity contribution in [2.45, 2.75) is 45.3 Å². The summed E-state index contributed by atoms with van der Waals surface area (Å²) < 4.78 is 5.72. The number of hydrogen-bond acceptors (Lipinski definition) is 4. The minimum atomic E-state index is -0.0295. The summed E-state index contributed by atoms with van der Waals surface area (Å²) in [5, 5.41) is 9.30. The molecule has 1 aromatic carbocycles. The summed E-state index contributed by atoms with van der Waals surface area (Å²) in [5.41, 5.74) is 1.73. The van der Waals surface area contributed by atoms with Gasteiger partial charge in [-0.1, -0.05) is 12.5 Å². The molecule has 136 valence electrons. The van der Waals surface area contributed by atoms with Gasteiger partial charge in [0, 0.05) is 38.0 Å². The van der Waals surface area contributed by atoms with Gasteiger partial charge in [0.25, 0.3) is 0 Å². The number of likely N-dealkylation sites (tertiary alicyclic amines) is 1. The van der Waals surface area contributed by atoms with Crippen molar-refractivity contribution in [1.29, 1.82) is 0 Å². The van der Waals surface area contributed by atoms with E-state index in [0.29, 0.717) is 39.1 Å². The molecule has 0 spiro atoms. The first kappa shape index (κ1) is 17.7. The molecule has 1 saturated heterocycles. The molecule has 6 nitrogen and oxygen atoms in total. The summed E-state index contributed by atoms with van der Waals surface area (Å²) in [5.74, 6) is 0.987. The zero-order chi connectivity index (χ0) is 17.6. The molecule has 0 aromatic heterocycles. The average Bonchev–Trinajstić information content (AvgIpc) is 2.96. The van der Waals surface area contributed by atoms with E-state index in [1.165, 1.54) is 0 Å². The lowest BCUT2D eigenvalue weighted by atomic mass is 10.1. The van der Waals surface area contributed by atoms with Gasteiger partial charge in [-0.2, -0.15) is 0 Å². The van der Waals surface area contributed by atoms with Crippen LogP contribution in [0.2, 0.25) is 0 Å². The molecule has 1 fully saturated rings. The van der Waals surface area contributed by atoms with Gasteiger partial charge >= 0.3 is 0 Å². The molecular formula is C19H26N2O4. The van der Waals surface area contributed by atoms with Crippen LogP contribution < -0.4 is 4.74 Å². The van der Waals surface area contributed by atoms with Gasteiger partial charge in [-0.3, -0.25) is 9.59 Å². The minimum Gasteiger partial charge on any atom is -0.491 e. The molecule has 0 saturated carbocycles. The predicted octanol–water partition coefficient (Wildman–Crippen LogP) is 1.69. The fourth-order valence-corrected chi connectivity index (χ4v) is 3.42. The topological polar surface area (TPSA) is 70.1 Å². The third-order valence-electron chi connectivity index (χ3n) is 4.91. The number of ether oxygens (including phenoxy) is 1. The summed E-state index contributed by atoms with van der Waals surface area (Å²) in [7, 11) is 0. The second-order valence-corrected chi connectivity index (χ2v) is 6.71. The van der Waals surface area contributed by atoms with Gasteiger partial charge < -0.3 is 19.6 Å². The number of aliphatic hydroxyl groups excluding tert-OH is 1. The summed E-state index contributed by atoms with van der Waals surface area (Å²) in [6, 6.07) is 5.57. The molecule has 0 aliphatic carbocycles. The molecular weight excluding hydrogens is 320 g/mol. The zero-order valence-electron chi connectivity index (χ0n) is 14.6. The van der Waals surface area contributed by atoms with E-state index in [4.69, 9.17) is 4.74 Å². The number of benzene rings is 1. The molecule has 1 N–H and O–H groups in total. The van der Waals surface area contributed by atoms with Gasteiger partial charge in [0.05, 0.1) is 13.2 Å². The summed E-state index contributed by atoms with van der Waals surface area (Å²) in [4.78, 5) is 28.3. The Labute approximate surface area is 148 Å². The van der Waals surface area contributed by atoms with Crippen LogP contribution >= 0.6 is 0 Å². The Morgan fingerprint density at radius 1 is 1.20 bits per heavy atom. The van der Waals surface area contributed by atoms with Gasteiger partial charge in [-0.05, 0) is 30.5 Å². The number of amides is 2. The van der Waals surface area contributed by atoms with Crippen molar-refractivity contribution in [2.75, 3.05) is 26.2 Å². The summed E-state index contributed by atoms with van der Waals surface area (Å²) in [6.07, 6.45) is 4.01. The smallest absolute Gasteiger partial charge is 0.224 e. The van der Waals surface area contributed by atoms with E-state index < -0.39 is 0 Å². The number of hydrogen-bond donors (Lipinski definition) is 1. The largest absolute Gasteiger partial charge is 0.491 e. The Balaban J connectivity index is 1.60. The Morgan fingerprint density at radius 3 is 2.92 bits per heavy atom. The van der Waals surface area contributed by atoms with Crippen LogP contribution in [0.15, 0.2) is 18.2 Å². The Kier molecular flexibility index (Phi) is 5.91. The molecule has 2 aliphatic rings. The first-order chi connectivity index (χ1) is 12.2. The average molecular weight is 346 g/mol. The number of carbonyl (C=O) groups is 2. The normalized spacial score (nSPS) is 18.2. The molecule has 25 heavy (non-hydrogen) atoms. The lowest BCUT2D eigenvalue weighted by molar-refractivity contribution is -0.134. The Morgan fingerprint density at radius 2 is 2.08 bits per heavy atom. The standard InChI is InChI=1S/C19H26N2O4/c22-14-15-5-6-17-16(12-15)13-21(10-11-25-17)19(24)7-9-20-8-3-1-2-4-18(20)23/h5-6,12,22H,1-4,7-11,13-14H2. The van der Waals surface area contributed by atoms with Crippen molar-refractivity contribution in [3.05, 3.63) is 29.3 Å². The van der Waals surface area contributed by atoms with E-state index in [9.17, 15) is 14.7 Å². The van der Waals surface area contributed by atoms with E-state index in [1.54, 1.807) is 4.90 Å². The quantitative estimate of drug-likeness (QED) is 0.901. The van der Waals surface area contributed by atoms with E-state index in [0.717, 1.165) is 42.7 Å². The highest BCUT2D eigenvalue weighted by molar-refractivity contribution is 5.79. The first-order valence-corrected chi connectivity index (χ1v) is 9.08. The number of carbonyl (C=O) groups excluding carboxylic acids is 2. The molecule has 2 heterocycles. The number of aliphatic hydroxyl groups is 1. The predicted molar refractivity (Wildman–Crippen MR) is 92.9 cm³/mol. The molecule has 3 rings (SSSR count). The van der Waals surface area contributed by atoms with Crippen molar-refractivity contribution in [2.24, 2.45) is 0 Å². The van der Waals surface area contributed by atoms with Crippen LogP contribution in [0.3, 0.4) is 0 Å². The highest BCUT2D eigenvalue weighted by Gasteiger charge is 2.22. The van der Waals surface area contributed by atoms with Crippen molar-refractivity contribution in [1.82, 2.24) is 9.80 Å². The number of fused-ring (bicyclic) bond motifs is 1.